The first-order valence-corrected chi connectivity index (χ1v) is 6.28. The molecular weight excluding hydrogens is 254 g/mol. The Morgan fingerprint density at radius 1 is 1.61 bits per heavy atom. The van der Waals surface area contributed by atoms with Crippen LogP contribution in [0.25, 0.3) is 0 Å². The van der Waals surface area contributed by atoms with Crippen LogP contribution in [-0.2, 0) is 9.53 Å². The number of nitrogens with zero attached hydrogens (tertiary/aromatic N) is 1. The van der Waals surface area contributed by atoms with Gasteiger partial charge in [0.1, 0.15) is 0 Å². The highest BCUT2D eigenvalue weighted by molar-refractivity contribution is 6.30. The molecule has 1 aliphatic rings. The van der Waals surface area contributed by atoms with E-state index < -0.39 is 5.97 Å². The van der Waals surface area contributed by atoms with Crippen molar-refractivity contribution in [3.63, 3.8) is 0 Å². The Balaban J connectivity index is 2.10. The number of aliphatic carboxylic acids is 1. The molecule has 0 spiro atoms. The van der Waals surface area contributed by atoms with Gasteiger partial charge in [-0.15, -0.1) is 0 Å². The topological polar surface area (TPSA) is 49.8 Å². The SMILES string of the molecule is Cc1cc(Cl)ccc1N1CCOC(CC(=O)O)C1. The molecule has 0 saturated carbocycles. The number of halogens is 1. The maximum absolute atomic E-state index is 10.7. The fourth-order valence-corrected chi connectivity index (χ4v) is 2.46. The second-order valence-electron chi connectivity index (χ2n) is 4.47. The monoisotopic (exact) mass is 269 g/mol. The van der Waals surface area contributed by atoms with Crippen LogP contribution in [0.1, 0.15) is 12.0 Å². The molecule has 1 fully saturated rings. The average molecular weight is 270 g/mol. The number of aryl methyl sites for hydroxylation is 1. The summed E-state index contributed by atoms with van der Waals surface area (Å²) < 4.78 is 5.46. The van der Waals surface area contributed by atoms with Crippen LogP contribution >= 0.6 is 11.6 Å². The van der Waals surface area contributed by atoms with E-state index in [2.05, 4.69) is 4.90 Å². The zero-order valence-electron chi connectivity index (χ0n) is 10.2. The molecule has 1 atom stereocenters. The van der Waals surface area contributed by atoms with E-state index in [9.17, 15) is 4.79 Å². The zero-order chi connectivity index (χ0) is 13.1. The van der Waals surface area contributed by atoms with Crippen LogP contribution in [-0.4, -0.2) is 36.9 Å². The van der Waals surface area contributed by atoms with E-state index in [0.717, 1.165) is 17.8 Å². The third kappa shape index (κ3) is 3.15. The molecule has 1 heterocycles. The molecule has 1 aromatic rings. The minimum atomic E-state index is -0.824. The highest BCUT2D eigenvalue weighted by Gasteiger charge is 2.23. The van der Waals surface area contributed by atoms with E-state index in [1.165, 1.54) is 0 Å². The Hall–Kier alpha value is -1.26. The molecule has 5 heteroatoms. The number of morpholine rings is 1. The molecule has 0 aromatic heterocycles. The molecule has 2 rings (SSSR count). The summed E-state index contributed by atoms with van der Waals surface area (Å²) in [7, 11) is 0. The Kier molecular flexibility index (Phi) is 4.09. The van der Waals surface area contributed by atoms with Crippen LogP contribution in [0.15, 0.2) is 18.2 Å². The van der Waals surface area contributed by atoms with Crippen molar-refractivity contribution in [2.75, 3.05) is 24.6 Å². The number of hydrogen-bond donors (Lipinski definition) is 1. The van der Waals surface area contributed by atoms with Crippen LogP contribution in [0.5, 0.6) is 0 Å². The summed E-state index contributed by atoms with van der Waals surface area (Å²) >= 11 is 5.93. The van der Waals surface area contributed by atoms with Gasteiger partial charge in [0.15, 0.2) is 0 Å². The summed E-state index contributed by atoms with van der Waals surface area (Å²) in [6.07, 6.45) is -0.199. The molecular formula is C13H16ClNO3. The molecule has 1 unspecified atom stereocenters. The molecule has 0 amide bonds. The Morgan fingerprint density at radius 2 is 2.39 bits per heavy atom. The smallest absolute Gasteiger partial charge is 0.306 e. The molecule has 0 aliphatic carbocycles. The highest BCUT2D eigenvalue weighted by Crippen LogP contribution is 2.25. The lowest BCUT2D eigenvalue weighted by Crippen LogP contribution is -2.43. The van der Waals surface area contributed by atoms with Gasteiger partial charge in [0.2, 0.25) is 0 Å². The van der Waals surface area contributed by atoms with E-state index in [1.807, 2.05) is 25.1 Å². The van der Waals surface area contributed by atoms with E-state index >= 15 is 0 Å². The quantitative estimate of drug-likeness (QED) is 0.915. The van der Waals surface area contributed by atoms with Crippen LogP contribution in [0.4, 0.5) is 5.69 Å². The molecule has 0 radical (unpaired) electrons. The number of carboxylic acids is 1. The first-order valence-electron chi connectivity index (χ1n) is 5.91. The third-order valence-electron chi connectivity index (χ3n) is 3.04. The molecule has 1 aromatic carbocycles. The van der Waals surface area contributed by atoms with Crippen molar-refractivity contribution in [1.82, 2.24) is 0 Å². The first kappa shape index (κ1) is 13.2. The number of hydrogen-bond acceptors (Lipinski definition) is 3. The van der Waals surface area contributed by atoms with Gasteiger partial charge in [-0.3, -0.25) is 4.79 Å². The average Bonchev–Trinajstić information content (AvgIpc) is 2.28. The van der Waals surface area contributed by atoms with Crippen molar-refractivity contribution in [2.45, 2.75) is 19.4 Å². The van der Waals surface area contributed by atoms with Crippen LogP contribution < -0.4 is 4.90 Å². The standard InChI is InChI=1S/C13H16ClNO3/c1-9-6-10(14)2-3-12(9)15-4-5-18-11(8-15)7-13(16)17/h2-3,6,11H,4-5,7-8H2,1H3,(H,16,17). The number of carbonyl (C=O) groups is 1. The van der Waals surface area contributed by atoms with Crippen molar-refractivity contribution in [2.24, 2.45) is 0 Å². The predicted octanol–water partition coefficient (Wildman–Crippen LogP) is 2.33. The van der Waals surface area contributed by atoms with Crippen molar-refractivity contribution in [3.8, 4) is 0 Å². The van der Waals surface area contributed by atoms with Crippen molar-refractivity contribution in [1.29, 1.82) is 0 Å². The number of benzene rings is 1. The molecule has 1 saturated heterocycles. The lowest BCUT2D eigenvalue weighted by atomic mass is 10.1. The summed E-state index contributed by atoms with van der Waals surface area (Å²) in [6.45, 7) is 3.94. The third-order valence-corrected chi connectivity index (χ3v) is 3.28. The van der Waals surface area contributed by atoms with Gasteiger partial charge >= 0.3 is 5.97 Å². The second kappa shape index (κ2) is 5.59. The van der Waals surface area contributed by atoms with Gasteiger partial charge in [-0.1, -0.05) is 11.6 Å². The van der Waals surface area contributed by atoms with Gasteiger partial charge < -0.3 is 14.7 Å². The van der Waals surface area contributed by atoms with Crippen molar-refractivity contribution in [3.05, 3.63) is 28.8 Å². The maximum atomic E-state index is 10.7. The molecule has 1 aliphatic heterocycles. The highest BCUT2D eigenvalue weighted by atomic mass is 35.5. The van der Waals surface area contributed by atoms with Gasteiger partial charge in [-0.25, -0.2) is 0 Å². The second-order valence-corrected chi connectivity index (χ2v) is 4.90. The molecule has 0 bridgehead atoms. The van der Waals surface area contributed by atoms with Gasteiger partial charge in [0.25, 0.3) is 0 Å². The van der Waals surface area contributed by atoms with Gasteiger partial charge in [0.05, 0.1) is 19.1 Å². The molecule has 18 heavy (non-hydrogen) atoms. The van der Waals surface area contributed by atoms with Crippen molar-refractivity contribution < 1.29 is 14.6 Å². The summed E-state index contributed by atoms with van der Waals surface area (Å²) in [5, 5.41) is 9.51. The van der Waals surface area contributed by atoms with E-state index in [0.29, 0.717) is 18.2 Å². The van der Waals surface area contributed by atoms with Crippen LogP contribution in [0.2, 0.25) is 5.02 Å². The Morgan fingerprint density at radius 3 is 3.06 bits per heavy atom. The molecule has 98 valence electrons. The van der Waals surface area contributed by atoms with Crippen LogP contribution in [0.3, 0.4) is 0 Å². The predicted molar refractivity (Wildman–Crippen MR) is 70.4 cm³/mol. The molecule has 1 N–H and O–H groups in total. The first-order chi connectivity index (χ1) is 8.56. The summed E-state index contributed by atoms with van der Waals surface area (Å²) in [4.78, 5) is 12.9. The van der Waals surface area contributed by atoms with Gasteiger partial charge in [0, 0.05) is 23.8 Å². The normalized spacial score (nSPS) is 19.9. The maximum Gasteiger partial charge on any atom is 0.306 e. The van der Waals surface area contributed by atoms with E-state index in [-0.39, 0.29) is 12.5 Å². The van der Waals surface area contributed by atoms with Crippen molar-refractivity contribution >= 4 is 23.3 Å². The lowest BCUT2D eigenvalue weighted by molar-refractivity contribution is -0.140. The Labute approximate surface area is 111 Å². The number of rotatable bonds is 3. The molecule has 4 nitrogen and oxygen atoms in total. The largest absolute Gasteiger partial charge is 0.481 e. The summed E-state index contributed by atoms with van der Waals surface area (Å²) in [5.74, 6) is -0.824. The minimum absolute atomic E-state index is 0.0448. The van der Waals surface area contributed by atoms with Gasteiger partial charge in [-0.2, -0.15) is 0 Å². The summed E-state index contributed by atoms with van der Waals surface area (Å²) in [6, 6.07) is 5.74. The fraction of sp³-hybridized carbons (Fsp3) is 0.462. The van der Waals surface area contributed by atoms with E-state index in [4.69, 9.17) is 21.4 Å². The zero-order valence-corrected chi connectivity index (χ0v) is 11.0. The summed E-state index contributed by atoms with van der Waals surface area (Å²) in [5.41, 5.74) is 2.19. The number of ether oxygens (including phenoxy) is 1. The fourth-order valence-electron chi connectivity index (χ4n) is 2.23. The van der Waals surface area contributed by atoms with E-state index in [1.54, 1.807) is 0 Å². The lowest BCUT2D eigenvalue weighted by Gasteiger charge is -2.34. The number of carboxylic acid groups (broad SMARTS) is 1. The minimum Gasteiger partial charge on any atom is -0.481 e. The van der Waals surface area contributed by atoms with Gasteiger partial charge in [-0.05, 0) is 30.7 Å². The Bertz CT molecular complexity index is 450. The van der Waals surface area contributed by atoms with Crippen LogP contribution in [0, 0.1) is 6.92 Å². The number of anilines is 1.